The van der Waals surface area contributed by atoms with Crippen molar-refractivity contribution in [3.63, 3.8) is 0 Å². The Morgan fingerprint density at radius 1 is 1.21 bits per heavy atom. The van der Waals surface area contributed by atoms with Crippen molar-refractivity contribution in [2.24, 2.45) is 5.41 Å². The van der Waals surface area contributed by atoms with Gasteiger partial charge in [-0.25, -0.2) is 0 Å². The van der Waals surface area contributed by atoms with Crippen LogP contribution >= 0.6 is 0 Å². The molecule has 0 spiro atoms. The third-order valence-corrected chi connectivity index (χ3v) is 4.79. The van der Waals surface area contributed by atoms with Gasteiger partial charge in [-0.05, 0) is 37.2 Å². The lowest BCUT2D eigenvalue weighted by molar-refractivity contribution is 0.203. The average molecular weight is 259 g/mol. The number of nitrogens with one attached hydrogen (secondary N) is 1. The van der Waals surface area contributed by atoms with Gasteiger partial charge >= 0.3 is 0 Å². The van der Waals surface area contributed by atoms with E-state index in [1.807, 2.05) is 0 Å². The van der Waals surface area contributed by atoms with E-state index in [0.29, 0.717) is 17.4 Å². The van der Waals surface area contributed by atoms with Crippen LogP contribution in [0, 0.1) is 5.41 Å². The first-order valence-electron chi connectivity index (χ1n) is 7.59. The van der Waals surface area contributed by atoms with Gasteiger partial charge in [-0.15, -0.1) is 0 Å². The monoisotopic (exact) mass is 259 g/mol. The van der Waals surface area contributed by atoms with E-state index in [2.05, 4.69) is 43.4 Å². The molecule has 0 radical (unpaired) electrons. The molecule has 104 valence electrons. The number of benzene rings is 1. The van der Waals surface area contributed by atoms with Crippen LogP contribution < -0.4 is 10.1 Å². The molecule has 2 aliphatic rings. The fraction of sp³-hybridized carbons (Fsp3) is 0.647. The molecular formula is C17H25NO. The second-order valence-corrected chi connectivity index (χ2v) is 6.89. The fourth-order valence-corrected chi connectivity index (χ4v) is 3.31. The highest BCUT2D eigenvalue weighted by Crippen LogP contribution is 2.36. The van der Waals surface area contributed by atoms with E-state index in [9.17, 15) is 0 Å². The van der Waals surface area contributed by atoms with E-state index in [-0.39, 0.29) is 0 Å². The Morgan fingerprint density at radius 2 is 1.95 bits per heavy atom. The summed E-state index contributed by atoms with van der Waals surface area (Å²) in [7, 11) is 0. The molecule has 3 rings (SSSR count). The zero-order chi connectivity index (χ0) is 13.3. The van der Waals surface area contributed by atoms with Crippen molar-refractivity contribution in [3.05, 3.63) is 29.8 Å². The summed E-state index contributed by atoms with van der Waals surface area (Å²) in [5, 5.41) is 3.76. The van der Waals surface area contributed by atoms with Crippen LogP contribution in [0.1, 0.15) is 51.0 Å². The number of para-hydroxylation sites is 1. The summed E-state index contributed by atoms with van der Waals surface area (Å²) in [6.45, 7) is 6.68. The molecule has 0 amide bonds. The van der Waals surface area contributed by atoms with Crippen molar-refractivity contribution >= 4 is 0 Å². The van der Waals surface area contributed by atoms with Crippen molar-refractivity contribution in [2.45, 2.75) is 51.5 Å². The molecule has 1 aliphatic heterocycles. The normalized spacial score (nSPS) is 25.9. The minimum atomic E-state index is 0.533. The van der Waals surface area contributed by atoms with Gasteiger partial charge in [-0.3, -0.25) is 0 Å². The highest BCUT2D eigenvalue weighted by Gasteiger charge is 2.28. The molecule has 1 unspecified atom stereocenters. The quantitative estimate of drug-likeness (QED) is 0.893. The van der Waals surface area contributed by atoms with Crippen molar-refractivity contribution in [3.8, 4) is 5.75 Å². The first-order valence-corrected chi connectivity index (χ1v) is 7.59. The SMILES string of the molecule is CC1(C)CCC(NCC2COc3ccccc32)CC1. The Bertz CT molecular complexity index is 431. The molecule has 1 aromatic rings. The van der Waals surface area contributed by atoms with E-state index in [0.717, 1.165) is 18.9 Å². The first kappa shape index (κ1) is 13.0. The molecule has 0 bridgehead atoms. The van der Waals surface area contributed by atoms with E-state index in [1.165, 1.54) is 31.2 Å². The van der Waals surface area contributed by atoms with Gasteiger partial charge < -0.3 is 10.1 Å². The van der Waals surface area contributed by atoms with Gasteiger partial charge in [-0.1, -0.05) is 32.0 Å². The van der Waals surface area contributed by atoms with E-state index >= 15 is 0 Å². The number of ether oxygens (including phenoxy) is 1. The van der Waals surface area contributed by atoms with E-state index in [1.54, 1.807) is 0 Å². The Hall–Kier alpha value is -1.02. The molecule has 19 heavy (non-hydrogen) atoms. The van der Waals surface area contributed by atoms with Gasteiger partial charge in [0, 0.05) is 24.1 Å². The smallest absolute Gasteiger partial charge is 0.122 e. The lowest BCUT2D eigenvalue weighted by Crippen LogP contribution is -2.37. The van der Waals surface area contributed by atoms with E-state index < -0.39 is 0 Å². The molecule has 1 heterocycles. The van der Waals surface area contributed by atoms with Crippen molar-refractivity contribution in [1.29, 1.82) is 0 Å². The highest BCUT2D eigenvalue weighted by atomic mass is 16.5. The predicted molar refractivity (Wildman–Crippen MR) is 78.7 cm³/mol. The second kappa shape index (κ2) is 5.16. The van der Waals surface area contributed by atoms with Gasteiger partial charge in [0.15, 0.2) is 0 Å². The van der Waals surface area contributed by atoms with Crippen LogP contribution in [-0.4, -0.2) is 19.2 Å². The maximum atomic E-state index is 5.74. The zero-order valence-electron chi connectivity index (χ0n) is 12.1. The molecule has 1 saturated carbocycles. The molecule has 1 atom stereocenters. The molecule has 1 aliphatic carbocycles. The Balaban J connectivity index is 1.52. The Labute approximate surface area is 116 Å². The van der Waals surface area contributed by atoms with Crippen LogP contribution in [0.2, 0.25) is 0 Å². The first-order chi connectivity index (χ1) is 9.14. The fourth-order valence-electron chi connectivity index (χ4n) is 3.31. The molecular weight excluding hydrogens is 234 g/mol. The third-order valence-electron chi connectivity index (χ3n) is 4.79. The topological polar surface area (TPSA) is 21.3 Å². The van der Waals surface area contributed by atoms with Crippen molar-refractivity contribution in [1.82, 2.24) is 5.32 Å². The standard InChI is InChI=1S/C17H25NO/c1-17(2)9-7-14(8-10-17)18-11-13-12-19-16-6-4-3-5-15(13)16/h3-6,13-14,18H,7-12H2,1-2H3. The van der Waals surface area contributed by atoms with Gasteiger partial charge in [0.2, 0.25) is 0 Å². The predicted octanol–water partition coefficient (Wildman–Crippen LogP) is 3.72. The Kier molecular flexibility index (Phi) is 3.53. The number of hydrogen-bond acceptors (Lipinski definition) is 2. The molecule has 2 nitrogen and oxygen atoms in total. The Morgan fingerprint density at radius 3 is 2.74 bits per heavy atom. The van der Waals surface area contributed by atoms with Crippen molar-refractivity contribution in [2.75, 3.05) is 13.2 Å². The van der Waals surface area contributed by atoms with E-state index in [4.69, 9.17) is 4.74 Å². The number of hydrogen-bond donors (Lipinski definition) is 1. The van der Waals surface area contributed by atoms with Gasteiger partial charge in [0.05, 0.1) is 6.61 Å². The average Bonchev–Trinajstić information content (AvgIpc) is 2.81. The lowest BCUT2D eigenvalue weighted by atomic mass is 9.75. The largest absolute Gasteiger partial charge is 0.493 e. The third kappa shape index (κ3) is 2.94. The summed E-state index contributed by atoms with van der Waals surface area (Å²) in [6, 6.07) is 9.17. The second-order valence-electron chi connectivity index (χ2n) is 6.89. The minimum Gasteiger partial charge on any atom is -0.493 e. The molecule has 0 aromatic heterocycles. The molecule has 1 fully saturated rings. The highest BCUT2D eigenvalue weighted by molar-refractivity contribution is 5.39. The van der Waals surface area contributed by atoms with Crippen LogP contribution in [0.5, 0.6) is 5.75 Å². The number of rotatable bonds is 3. The zero-order valence-corrected chi connectivity index (χ0v) is 12.1. The summed E-state index contributed by atoms with van der Waals surface area (Å²) >= 11 is 0. The number of fused-ring (bicyclic) bond motifs is 1. The van der Waals surface area contributed by atoms with Crippen LogP contribution in [-0.2, 0) is 0 Å². The molecule has 0 saturated heterocycles. The van der Waals surface area contributed by atoms with Crippen LogP contribution in [0.3, 0.4) is 0 Å². The van der Waals surface area contributed by atoms with Crippen LogP contribution in [0.4, 0.5) is 0 Å². The summed E-state index contributed by atoms with van der Waals surface area (Å²) in [5.74, 6) is 1.62. The van der Waals surface area contributed by atoms with Crippen LogP contribution in [0.25, 0.3) is 0 Å². The minimum absolute atomic E-state index is 0.533. The summed E-state index contributed by atoms with van der Waals surface area (Å²) in [5.41, 5.74) is 1.94. The lowest BCUT2D eigenvalue weighted by Gasteiger charge is -2.35. The van der Waals surface area contributed by atoms with Gasteiger partial charge in [0.1, 0.15) is 5.75 Å². The van der Waals surface area contributed by atoms with Crippen LogP contribution in [0.15, 0.2) is 24.3 Å². The van der Waals surface area contributed by atoms with Gasteiger partial charge in [0.25, 0.3) is 0 Å². The summed E-state index contributed by atoms with van der Waals surface area (Å²) < 4.78 is 5.74. The maximum absolute atomic E-state index is 5.74. The molecule has 1 N–H and O–H groups in total. The van der Waals surface area contributed by atoms with Crippen molar-refractivity contribution < 1.29 is 4.74 Å². The molecule has 2 heteroatoms. The van der Waals surface area contributed by atoms with Gasteiger partial charge in [-0.2, -0.15) is 0 Å². The molecule has 1 aromatic carbocycles. The summed E-state index contributed by atoms with van der Waals surface area (Å²) in [4.78, 5) is 0. The summed E-state index contributed by atoms with van der Waals surface area (Å²) in [6.07, 6.45) is 5.34. The maximum Gasteiger partial charge on any atom is 0.122 e.